The molecule has 1 atom stereocenters. The lowest BCUT2D eigenvalue weighted by atomic mass is 10.2. The van der Waals surface area contributed by atoms with Crippen molar-refractivity contribution in [3.05, 3.63) is 42.1 Å². The van der Waals surface area contributed by atoms with Crippen molar-refractivity contribution >= 4 is 21.6 Å². The number of carbonyl (C=O) groups is 1. The van der Waals surface area contributed by atoms with E-state index in [9.17, 15) is 13.2 Å². The summed E-state index contributed by atoms with van der Waals surface area (Å²) in [5, 5.41) is 2.95. The first-order chi connectivity index (χ1) is 12.9. The second kappa shape index (κ2) is 6.92. The Hall–Kier alpha value is -2.48. The first kappa shape index (κ1) is 17.9. The number of nitrogens with zero attached hydrogens (tertiary/aromatic N) is 3. The first-order valence-corrected chi connectivity index (χ1v) is 10.9. The normalized spacial score (nSPS) is 21.0. The third-order valence-electron chi connectivity index (χ3n) is 5.01. The molecule has 0 radical (unpaired) electrons. The zero-order valence-corrected chi connectivity index (χ0v) is 15.9. The maximum absolute atomic E-state index is 12.6. The van der Waals surface area contributed by atoms with Gasteiger partial charge in [-0.15, -0.1) is 0 Å². The van der Waals surface area contributed by atoms with Gasteiger partial charge in [-0.05, 0) is 19.3 Å². The molecule has 27 heavy (non-hydrogen) atoms. The van der Waals surface area contributed by atoms with Crippen molar-refractivity contribution in [3.63, 3.8) is 0 Å². The average molecular weight is 386 g/mol. The number of hydrogen-bond acceptors (Lipinski definition) is 6. The minimum Gasteiger partial charge on any atom is -0.355 e. The molecule has 2 heterocycles. The maximum Gasteiger partial charge on any atom is 0.270 e. The molecular formula is C19H22N4O3S. The molecule has 1 saturated heterocycles. The van der Waals surface area contributed by atoms with E-state index in [1.54, 1.807) is 6.07 Å². The third kappa shape index (κ3) is 4.10. The number of nitrogens with one attached hydrogen (secondary N) is 1. The summed E-state index contributed by atoms with van der Waals surface area (Å²) in [4.78, 5) is 23.5. The van der Waals surface area contributed by atoms with Crippen LogP contribution in [0.5, 0.6) is 0 Å². The quantitative estimate of drug-likeness (QED) is 0.840. The fourth-order valence-electron chi connectivity index (χ4n) is 3.20. The SMILES string of the molecule is CN(c1cc(C(=O)NC2CC2)nc(-c2ccccc2)n1)C1CCS(=O)(=O)C1. The van der Waals surface area contributed by atoms with E-state index in [4.69, 9.17) is 0 Å². The predicted octanol–water partition coefficient (Wildman–Crippen LogP) is 1.66. The minimum atomic E-state index is -3.01. The largest absolute Gasteiger partial charge is 0.355 e. The molecule has 1 saturated carbocycles. The highest BCUT2D eigenvalue weighted by molar-refractivity contribution is 7.91. The Morgan fingerprint density at radius 1 is 1.15 bits per heavy atom. The van der Waals surface area contributed by atoms with Gasteiger partial charge in [-0.2, -0.15) is 0 Å². The van der Waals surface area contributed by atoms with E-state index in [0.717, 1.165) is 18.4 Å². The first-order valence-electron chi connectivity index (χ1n) is 9.10. The van der Waals surface area contributed by atoms with Crippen LogP contribution in [0.4, 0.5) is 5.82 Å². The second-order valence-corrected chi connectivity index (χ2v) is 9.45. The molecule has 0 bridgehead atoms. The predicted molar refractivity (Wildman–Crippen MR) is 103 cm³/mol. The van der Waals surface area contributed by atoms with Crippen LogP contribution in [0.25, 0.3) is 11.4 Å². The fourth-order valence-corrected chi connectivity index (χ4v) is 4.98. The lowest BCUT2D eigenvalue weighted by molar-refractivity contribution is 0.0946. The van der Waals surface area contributed by atoms with Crippen LogP contribution in [0.2, 0.25) is 0 Å². The van der Waals surface area contributed by atoms with E-state index in [1.165, 1.54) is 0 Å². The topological polar surface area (TPSA) is 92.3 Å². The lowest BCUT2D eigenvalue weighted by Crippen LogP contribution is -2.34. The number of amides is 1. The van der Waals surface area contributed by atoms with Gasteiger partial charge in [-0.1, -0.05) is 30.3 Å². The van der Waals surface area contributed by atoms with Crippen LogP contribution in [0.15, 0.2) is 36.4 Å². The van der Waals surface area contributed by atoms with Crippen molar-refractivity contribution in [1.29, 1.82) is 0 Å². The molecule has 1 unspecified atom stereocenters. The van der Waals surface area contributed by atoms with Crippen molar-refractivity contribution in [2.45, 2.75) is 31.3 Å². The highest BCUT2D eigenvalue weighted by Gasteiger charge is 2.32. The summed E-state index contributed by atoms with van der Waals surface area (Å²) in [5.74, 6) is 1.10. The average Bonchev–Trinajstić information content (AvgIpc) is 3.41. The molecular weight excluding hydrogens is 364 g/mol. The van der Waals surface area contributed by atoms with Crippen molar-refractivity contribution in [2.75, 3.05) is 23.5 Å². The van der Waals surface area contributed by atoms with Crippen LogP contribution in [0.1, 0.15) is 29.8 Å². The highest BCUT2D eigenvalue weighted by Crippen LogP contribution is 2.25. The summed E-state index contributed by atoms with van der Waals surface area (Å²) in [6.07, 6.45) is 2.55. The molecule has 2 aromatic rings. The number of aromatic nitrogens is 2. The molecule has 2 aliphatic rings. The van der Waals surface area contributed by atoms with Gasteiger partial charge in [-0.3, -0.25) is 4.79 Å². The monoisotopic (exact) mass is 386 g/mol. The highest BCUT2D eigenvalue weighted by atomic mass is 32.2. The van der Waals surface area contributed by atoms with E-state index < -0.39 is 9.84 Å². The number of hydrogen-bond donors (Lipinski definition) is 1. The van der Waals surface area contributed by atoms with E-state index in [1.807, 2.05) is 42.3 Å². The van der Waals surface area contributed by atoms with Gasteiger partial charge >= 0.3 is 0 Å². The Kier molecular flexibility index (Phi) is 4.59. The lowest BCUT2D eigenvalue weighted by Gasteiger charge is -2.25. The molecule has 1 aromatic heterocycles. The Morgan fingerprint density at radius 2 is 1.89 bits per heavy atom. The van der Waals surface area contributed by atoms with Crippen LogP contribution in [-0.2, 0) is 9.84 Å². The molecule has 1 aliphatic heterocycles. The molecule has 8 heteroatoms. The number of anilines is 1. The summed E-state index contributed by atoms with van der Waals surface area (Å²) in [6, 6.07) is 11.2. The Balaban J connectivity index is 1.70. The molecule has 2 fully saturated rings. The molecule has 4 rings (SSSR count). The van der Waals surface area contributed by atoms with Gasteiger partial charge in [-0.25, -0.2) is 18.4 Å². The van der Waals surface area contributed by atoms with Crippen LogP contribution < -0.4 is 10.2 Å². The van der Waals surface area contributed by atoms with Gasteiger partial charge < -0.3 is 10.2 Å². The number of sulfone groups is 1. The van der Waals surface area contributed by atoms with E-state index in [-0.39, 0.29) is 29.5 Å². The Bertz CT molecular complexity index is 958. The fraction of sp³-hybridized carbons (Fsp3) is 0.421. The van der Waals surface area contributed by atoms with E-state index >= 15 is 0 Å². The minimum absolute atomic E-state index is 0.109. The van der Waals surface area contributed by atoms with Crippen molar-refractivity contribution in [3.8, 4) is 11.4 Å². The van der Waals surface area contributed by atoms with E-state index in [2.05, 4.69) is 15.3 Å². The van der Waals surface area contributed by atoms with Gasteiger partial charge in [0.2, 0.25) is 0 Å². The molecule has 1 N–H and O–H groups in total. The summed E-state index contributed by atoms with van der Waals surface area (Å²) < 4.78 is 23.7. The zero-order valence-electron chi connectivity index (χ0n) is 15.1. The standard InChI is InChI=1S/C19H22N4O3S/c1-23(15-9-10-27(25,26)12-15)17-11-16(19(24)20-14-7-8-14)21-18(22-17)13-5-3-2-4-6-13/h2-6,11,14-15H,7-10,12H2,1H3,(H,20,24). The Labute approximate surface area is 158 Å². The van der Waals surface area contributed by atoms with Gasteiger partial charge in [0.05, 0.1) is 11.5 Å². The summed E-state index contributed by atoms with van der Waals surface area (Å²) in [5.41, 5.74) is 1.12. The van der Waals surface area contributed by atoms with Crippen molar-refractivity contribution < 1.29 is 13.2 Å². The van der Waals surface area contributed by atoms with Crippen molar-refractivity contribution in [2.24, 2.45) is 0 Å². The molecule has 142 valence electrons. The van der Waals surface area contributed by atoms with Crippen LogP contribution in [0.3, 0.4) is 0 Å². The van der Waals surface area contributed by atoms with Gasteiger partial charge in [0.25, 0.3) is 5.91 Å². The molecule has 1 aliphatic carbocycles. The molecule has 1 aromatic carbocycles. The van der Waals surface area contributed by atoms with Crippen molar-refractivity contribution in [1.82, 2.24) is 15.3 Å². The smallest absolute Gasteiger partial charge is 0.270 e. The zero-order chi connectivity index (χ0) is 19.0. The van der Waals surface area contributed by atoms with Crippen LogP contribution in [0, 0.1) is 0 Å². The number of carbonyl (C=O) groups excluding carboxylic acids is 1. The second-order valence-electron chi connectivity index (χ2n) is 7.22. The van der Waals surface area contributed by atoms with Crippen LogP contribution in [-0.4, -0.2) is 54.9 Å². The third-order valence-corrected chi connectivity index (χ3v) is 6.76. The maximum atomic E-state index is 12.6. The molecule has 1 amide bonds. The summed E-state index contributed by atoms with van der Waals surface area (Å²) >= 11 is 0. The van der Waals surface area contributed by atoms with Gasteiger partial charge in [0.15, 0.2) is 15.7 Å². The molecule has 0 spiro atoms. The molecule has 7 nitrogen and oxygen atoms in total. The number of benzene rings is 1. The van der Waals surface area contributed by atoms with Crippen LogP contribution >= 0.6 is 0 Å². The van der Waals surface area contributed by atoms with E-state index in [0.29, 0.717) is 23.8 Å². The number of rotatable bonds is 5. The summed E-state index contributed by atoms with van der Waals surface area (Å²) in [7, 11) is -1.18. The van der Waals surface area contributed by atoms with Gasteiger partial charge in [0, 0.05) is 30.8 Å². The summed E-state index contributed by atoms with van der Waals surface area (Å²) in [6.45, 7) is 0. The Morgan fingerprint density at radius 3 is 2.52 bits per heavy atom. The van der Waals surface area contributed by atoms with Gasteiger partial charge in [0.1, 0.15) is 11.5 Å².